The summed E-state index contributed by atoms with van der Waals surface area (Å²) in [6.07, 6.45) is 2.88. The molecule has 1 aliphatic heterocycles. The van der Waals surface area contributed by atoms with Gasteiger partial charge < -0.3 is 25.4 Å². The number of carbonyl (C=O) groups is 3. The summed E-state index contributed by atoms with van der Waals surface area (Å²) < 4.78 is 10.6. The van der Waals surface area contributed by atoms with Crippen LogP contribution in [-0.4, -0.2) is 49.1 Å². The molecule has 0 fully saturated rings. The summed E-state index contributed by atoms with van der Waals surface area (Å²) in [5.41, 5.74) is 5.24. The number of fused-ring (bicyclic) bond motifs is 1. The second-order valence-electron chi connectivity index (χ2n) is 10.3. The van der Waals surface area contributed by atoms with Crippen LogP contribution in [0.3, 0.4) is 0 Å². The first-order valence-electron chi connectivity index (χ1n) is 14.0. The molecule has 0 spiro atoms. The van der Waals surface area contributed by atoms with Crippen LogP contribution in [0.5, 0.6) is 11.5 Å². The first-order chi connectivity index (χ1) is 21.6. The minimum absolute atomic E-state index is 0.228. The van der Waals surface area contributed by atoms with Crippen LogP contribution in [0.2, 0.25) is 0 Å². The molecule has 4 aromatic rings. The van der Waals surface area contributed by atoms with E-state index in [0.29, 0.717) is 51.6 Å². The molecule has 230 valence electrons. The first kappa shape index (κ1) is 30.5. The number of hydrogen-bond donors (Lipinski definition) is 3. The number of rotatable bonds is 9. The Kier molecular flexibility index (Phi) is 8.66. The van der Waals surface area contributed by atoms with Crippen molar-refractivity contribution in [2.24, 2.45) is 0 Å². The zero-order valence-corrected chi connectivity index (χ0v) is 25.6. The van der Waals surface area contributed by atoms with Crippen LogP contribution in [0.4, 0.5) is 39.3 Å². The predicted octanol–water partition coefficient (Wildman–Crippen LogP) is 5.81. The molecular weight excluding hydrogens is 574 g/mol. The molecule has 0 aliphatic carbocycles. The molecule has 3 aromatic carbocycles. The van der Waals surface area contributed by atoms with Gasteiger partial charge in [-0.15, -0.1) is 0 Å². The van der Waals surface area contributed by atoms with E-state index in [2.05, 4.69) is 32.5 Å². The number of nitrogens with zero attached hydrogens (tertiary/aromatic N) is 4. The van der Waals surface area contributed by atoms with Gasteiger partial charge in [0.2, 0.25) is 11.9 Å². The van der Waals surface area contributed by atoms with Crippen LogP contribution in [0.1, 0.15) is 27.0 Å². The van der Waals surface area contributed by atoms with Crippen LogP contribution in [0.15, 0.2) is 73.4 Å². The highest BCUT2D eigenvalue weighted by atomic mass is 16.5. The number of aryl methyl sites for hydroxylation is 2. The molecule has 2 heterocycles. The van der Waals surface area contributed by atoms with E-state index in [1.165, 1.54) is 25.2 Å². The lowest BCUT2D eigenvalue weighted by atomic mass is 10.1. The van der Waals surface area contributed by atoms with Gasteiger partial charge in [-0.2, -0.15) is 4.98 Å². The van der Waals surface area contributed by atoms with Gasteiger partial charge in [0.1, 0.15) is 17.3 Å². The minimum Gasteiger partial charge on any atom is -0.497 e. The summed E-state index contributed by atoms with van der Waals surface area (Å²) in [7, 11) is 4.67. The van der Waals surface area contributed by atoms with E-state index in [4.69, 9.17) is 9.47 Å². The zero-order valence-electron chi connectivity index (χ0n) is 25.6. The highest BCUT2D eigenvalue weighted by Crippen LogP contribution is 2.34. The fourth-order valence-corrected chi connectivity index (χ4v) is 4.87. The first-order valence-corrected chi connectivity index (χ1v) is 14.0. The quantitative estimate of drug-likeness (QED) is 0.203. The Bertz CT molecular complexity index is 1820. The Labute approximate surface area is 260 Å². The van der Waals surface area contributed by atoms with E-state index in [0.717, 1.165) is 16.7 Å². The Morgan fingerprint density at radius 1 is 0.956 bits per heavy atom. The normalized spacial score (nSPS) is 12.2. The van der Waals surface area contributed by atoms with E-state index in [1.54, 1.807) is 54.5 Å². The Morgan fingerprint density at radius 3 is 2.44 bits per heavy atom. The molecule has 12 heteroatoms. The molecule has 0 unspecified atom stereocenters. The molecule has 0 bridgehead atoms. The van der Waals surface area contributed by atoms with Gasteiger partial charge in [-0.25, -0.2) is 9.78 Å². The highest BCUT2D eigenvalue weighted by Gasteiger charge is 2.31. The maximum atomic E-state index is 13.6. The van der Waals surface area contributed by atoms with Crippen LogP contribution in [0, 0.1) is 13.8 Å². The molecule has 3 N–H and O–H groups in total. The smallest absolute Gasteiger partial charge is 0.330 e. The zero-order chi connectivity index (χ0) is 32.2. The van der Waals surface area contributed by atoms with Gasteiger partial charge in [0, 0.05) is 41.9 Å². The van der Waals surface area contributed by atoms with Crippen molar-refractivity contribution < 1.29 is 23.9 Å². The van der Waals surface area contributed by atoms with E-state index < -0.39 is 0 Å². The number of anilines is 6. The van der Waals surface area contributed by atoms with Gasteiger partial charge >= 0.3 is 6.03 Å². The van der Waals surface area contributed by atoms with Gasteiger partial charge in [0.15, 0.2) is 0 Å². The second kappa shape index (κ2) is 12.8. The summed E-state index contributed by atoms with van der Waals surface area (Å²) in [6, 6.07) is 15.5. The largest absolute Gasteiger partial charge is 0.497 e. The lowest BCUT2D eigenvalue weighted by Crippen LogP contribution is -2.46. The van der Waals surface area contributed by atoms with Crippen molar-refractivity contribution in [3.05, 3.63) is 95.7 Å². The summed E-state index contributed by atoms with van der Waals surface area (Å²) in [5.74, 6) is 1.02. The van der Waals surface area contributed by atoms with Crippen LogP contribution < -0.4 is 35.2 Å². The SMILES string of the molecule is C=CC(=O)Nc1cc(Nc2ncc3c(n2)N(C)C(=O)N(c2cc(NC(=O)c4ccc(OC)cc4OC)ccc2C)C3)ccc1C. The number of amides is 4. The molecule has 4 amide bonds. The van der Waals surface area contributed by atoms with Crippen molar-refractivity contribution in [2.45, 2.75) is 20.4 Å². The molecule has 45 heavy (non-hydrogen) atoms. The van der Waals surface area contributed by atoms with Crippen molar-refractivity contribution in [1.29, 1.82) is 0 Å². The standard InChI is InChI=1S/C33H33N7O5/c1-7-29(41)37-26-14-22(10-8-19(26)2)36-32-34-17-21-18-40(33(43)39(4)30(21)38-32)27-15-23(11-9-20(27)3)35-31(42)25-13-12-24(44-5)16-28(25)45-6/h7-17H,1,18H2,2-6H3,(H,35,42)(H,37,41)(H,34,36,38). The van der Waals surface area contributed by atoms with Crippen LogP contribution >= 0.6 is 0 Å². The molecule has 0 saturated heterocycles. The Balaban J connectivity index is 1.36. The average Bonchev–Trinajstić information content (AvgIpc) is 3.05. The van der Waals surface area contributed by atoms with E-state index in [-0.39, 0.29) is 24.4 Å². The summed E-state index contributed by atoms with van der Waals surface area (Å²) >= 11 is 0. The van der Waals surface area contributed by atoms with Gasteiger partial charge in [-0.05, 0) is 67.4 Å². The number of nitrogens with one attached hydrogen (secondary N) is 3. The number of methoxy groups -OCH3 is 2. The topological polar surface area (TPSA) is 138 Å². The molecular formula is C33H33N7O5. The highest BCUT2D eigenvalue weighted by molar-refractivity contribution is 6.08. The molecule has 1 aliphatic rings. The maximum Gasteiger partial charge on any atom is 0.330 e. The number of carbonyl (C=O) groups excluding carboxylic acids is 3. The lowest BCUT2D eigenvalue weighted by molar-refractivity contribution is -0.111. The lowest BCUT2D eigenvalue weighted by Gasteiger charge is -2.35. The fourth-order valence-electron chi connectivity index (χ4n) is 4.87. The van der Waals surface area contributed by atoms with E-state index >= 15 is 0 Å². The van der Waals surface area contributed by atoms with Gasteiger partial charge in [0.25, 0.3) is 5.91 Å². The third kappa shape index (κ3) is 6.39. The molecule has 5 rings (SSSR count). The number of urea groups is 1. The summed E-state index contributed by atoms with van der Waals surface area (Å²) in [4.78, 5) is 50.7. The molecule has 0 saturated carbocycles. The van der Waals surface area contributed by atoms with Crippen molar-refractivity contribution in [3.8, 4) is 11.5 Å². The summed E-state index contributed by atoms with van der Waals surface area (Å²) in [6.45, 7) is 7.50. The third-order valence-corrected chi connectivity index (χ3v) is 7.35. The van der Waals surface area contributed by atoms with Crippen LogP contribution in [0.25, 0.3) is 0 Å². The van der Waals surface area contributed by atoms with Crippen molar-refractivity contribution >= 4 is 52.4 Å². The van der Waals surface area contributed by atoms with Crippen molar-refractivity contribution in [1.82, 2.24) is 9.97 Å². The average molecular weight is 608 g/mol. The van der Waals surface area contributed by atoms with Crippen LogP contribution in [-0.2, 0) is 11.3 Å². The van der Waals surface area contributed by atoms with Gasteiger partial charge in [0.05, 0.1) is 32.0 Å². The van der Waals surface area contributed by atoms with Gasteiger partial charge in [-0.3, -0.25) is 19.4 Å². The Hall–Kier alpha value is -5.91. The summed E-state index contributed by atoms with van der Waals surface area (Å²) in [5, 5.41) is 8.82. The molecule has 0 radical (unpaired) electrons. The maximum absolute atomic E-state index is 13.6. The number of aromatic nitrogens is 2. The number of hydrogen-bond acceptors (Lipinski definition) is 8. The van der Waals surface area contributed by atoms with E-state index in [9.17, 15) is 14.4 Å². The number of benzene rings is 3. The monoisotopic (exact) mass is 607 g/mol. The fraction of sp³-hybridized carbons (Fsp3) is 0.182. The third-order valence-electron chi connectivity index (χ3n) is 7.35. The second-order valence-corrected chi connectivity index (χ2v) is 10.3. The van der Waals surface area contributed by atoms with Gasteiger partial charge in [-0.1, -0.05) is 18.7 Å². The Morgan fingerprint density at radius 2 is 1.71 bits per heavy atom. The van der Waals surface area contributed by atoms with E-state index in [1.807, 2.05) is 32.0 Å². The molecule has 0 atom stereocenters. The minimum atomic E-state index is -0.367. The molecule has 1 aromatic heterocycles. The predicted molar refractivity (Wildman–Crippen MR) is 174 cm³/mol. The van der Waals surface area contributed by atoms with Crippen molar-refractivity contribution in [3.63, 3.8) is 0 Å². The number of ether oxygens (including phenoxy) is 2. The van der Waals surface area contributed by atoms with Crippen molar-refractivity contribution in [2.75, 3.05) is 47.0 Å². The molecule has 12 nitrogen and oxygen atoms in total.